The number of carbonyl (C=O) groups excluding carboxylic acids is 1. The third-order valence-electron chi connectivity index (χ3n) is 5.32. The van der Waals surface area contributed by atoms with Crippen molar-refractivity contribution in [1.82, 2.24) is 0 Å². The van der Waals surface area contributed by atoms with Crippen LogP contribution in [0.4, 0.5) is 0 Å². The molecule has 2 aromatic carbocycles. The Hall–Kier alpha value is -1.91. The molecule has 0 spiro atoms. The second kappa shape index (κ2) is 20.1. The van der Waals surface area contributed by atoms with Gasteiger partial charge in [0.25, 0.3) is 0 Å². The molecule has 0 amide bonds. The maximum Gasteiger partial charge on any atom is 0.123 e. The van der Waals surface area contributed by atoms with E-state index in [-0.39, 0.29) is 30.0 Å². The highest BCUT2D eigenvalue weighted by atomic mass is 127. The van der Waals surface area contributed by atoms with Crippen LogP contribution in [0.5, 0.6) is 5.75 Å². The molecular formula is C30H43IN2O3S. The zero-order chi connectivity index (χ0) is 26.9. The molecule has 5 N–H and O–H groups in total. The molecule has 0 saturated heterocycles. The van der Waals surface area contributed by atoms with E-state index in [2.05, 4.69) is 51.6 Å². The highest BCUT2D eigenvalue weighted by molar-refractivity contribution is 14.0. The lowest BCUT2D eigenvalue weighted by molar-refractivity contribution is -0.108. The summed E-state index contributed by atoms with van der Waals surface area (Å²) in [7, 11) is 0. The molecule has 1 aliphatic carbocycles. The fourth-order valence-electron chi connectivity index (χ4n) is 3.60. The number of halogens is 1. The maximum atomic E-state index is 10.3. The van der Waals surface area contributed by atoms with Crippen LogP contribution in [0, 0.1) is 20.8 Å². The summed E-state index contributed by atoms with van der Waals surface area (Å²) in [5, 5.41) is 10.3. The normalized spacial score (nSPS) is 15.1. The zero-order valence-corrected chi connectivity index (χ0v) is 25.6. The van der Waals surface area contributed by atoms with E-state index in [1.54, 1.807) is 0 Å². The standard InChI is InChI=1S/C19H25NOS.C9H10O2.C2H7N.HI/c1-12-9-13(2)16(14(3)10-12)5-4-6-18(21)15-7-8-17(20)19(22)11-15;10-7-4-8-11-9-5-2-1-3-6-9;1-2-3;/h4-5,7,9-11,17-18,21-22H,6,8,20H2,1-3H3;1-3,5-7H,4,8H2;2-3H2,1H3;1H/b5-4+;;;. The number of aliphatic hydroxyl groups excluding tert-OH is 1. The predicted molar refractivity (Wildman–Crippen MR) is 171 cm³/mol. The predicted octanol–water partition coefficient (Wildman–Crippen LogP) is 6.08. The molecule has 2 atom stereocenters. The summed E-state index contributed by atoms with van der Waals surface area (Å²) in [5.41, 5.74) is 16.7. The molecule has 2 aromatic rings. The summed E-state index contributed by atoms with van der Waals surface area (Å²) in [6.07, 6.45) is 10.2. The third kappa shape index (κ3) is 14.0. The van der Waals surface area contributed by atoms with Crippen LogP contribution in [0.25, 0.3) is 6.08 Å². The number of carbonyl (C=O) groups is 1. The van der Waals surface area contributed by atoms with Crippen molar-refractivity contribution in [3.63, 3.8) is 0 Å². The molecule has 204 valence electrons. The minimum atomic E-state index is -0.503. The Labute approximate surface area is 245 Å². The van der Waals surface area contributed by atoms with Crippen LogP contribution in [0.15, 0.2) is 71.2 Å². The quantitative estimate of drug-likeness (QED) is 0.122. The van der Waals surface area contributed by atoms with Crippen molar-refractivity contribution >= 4 is 49.0 Å². The van der Waals surface area contributed by atoms with Gasteiger partial charge in [-0.05, 0) is 85.5 Å². The van der Waals surface area contributed by atoms with Crippen LogP contribution in [-0.4, -0.2) is 36.7 Å². The molecule has 0 bridgehead atoms. The van der Waals surface area contributed by atoms with Crippen molar-refractivity contribution < 1.29 is 14.6 Å². The van der Waals surface area contributed by atoms with Gasteiger partial charge >= 0.3 is 0 Å². The van der Waals surface area contributed by atoms with E-state index in [4.69, 9.17) is 16.2 Å². The van der Waals surface area contributed by atoms with Crippen LogP contribution in [0.3, 0.4) is 0 Å². The molecule has 1 aliphatic rings. The molecular weight excluding hydrogens is 595 g/mol. The van der Waals surface area contributed by atoms with Gasteiger partial charge in [-0.15, -0.1) is 36.6 Å². The number of aryl methyl sites for hydroxylation is 3. The lowest BCUT2D eigenvalue weighted by Gasteiger charge is -2.19. The van der Waals surface area contributed by atoms with Crippen LogP contribution in [0.2, 0.25) is 0 Å². The zero-order valence-electron chi connectivity index (χ0n) is 22.4. The summed E-state index contributed by atoms with van der Waals surface area (Å²) in [4.78, 5) is 10.8. The third-order valence-corrected chi connectivity index (χ3v) is 5.78. The molecule has 37 heavy (non-hydrogen) atoms. The van der Waals surface area contributed by atoms with E-state index in [1.807, 2.05) is 55.5 Å². The Kier molecular flexibility index (Phi) is 19.1. The number of para-hydroxylation sites is 1. The SMILES string of the molecule is CCN.Cc1cc(C)c(/C=C/CC(O)C2=CCC(N)C(S)=C2)c(C)c1.I.O=CCCOc1ccccc1. The summed E-state index contributed by atoms with van der Waals surface area (Å²) >= 11 is 4.36. The van der Waals surface area contributed by atoms with Gasteiger partial charge in [-0.1, -0.05) is 61.0 Å². The van der Waals surface area contributed by atoms with E-state index >= 15 is 0 Å². The Morgan fingerprint density at radius 3 is 2.30 bits per heavy atom. The number of ether oxygens (including phenoxy) is 1. The Balaban J connectivity index is 0.000000725. The molecule has 0 heterocycles. The molecule has 3 rings (SSSR count). The van der Waals surface area contributed by atoms with Crippen LogP contribution in [-0.2, 0) is 4.79 Å². The topological polar surface area (TPSA) is 98.6 Å². The number of benzene rings is 2. The largest absolute Gasteiger partial charge is 0.493 e. The number of thiol groups is 1. The van der Waals surface area contributed by atoms with Crippen molar-refractivity contribution in [3.8, 4) is 5.75 Å². The van der Waals surface area contributed by atoms with Gasteiger partial charge in [0.05, 0.1) is 12.7 Å². The number of aldehydes is 1. The van der Waals surface area contributed by atoms with E-state index in [1.165, 1.54) is 22.3 Å². The Morgan fingerprint density at radius 2 is 1.76 bits per heavy atom. The second-order valence-corrected chi connectivity index (χ2v) is 9.12. The highest BCUT2D eigenvalue weighted by Crippen LogP contribution is 2.23. The van der Waals surface area contributed by atoms with Gasteiger partial charge in [0.2, 0.25) is 0 Å². The smallest absolute Gasteiger partial charge is 0.123 e. The monoisotopic (exact) mass is 638 g/mol. The van der Waals surface area contributed by atoms with Crippen molar-refractivity contribution in [2.45, 2.75) is 59.1 Å². The molecule has 0 aromatic heterocycles. The van der Waals surface area contributed by atoms with E-state index in [0.717, 1.165) is 35.5 Å². The number of hydrogen-bond acceptors (Lipinski definition) is 6. The first-order valence-corrected chi connectivity index (χ1v) is 12.8. The molecule has 2 unspecified atom stereocenters. The number of nitrogens with two attached hydrogens (primary N) is 2. The first-order valence-electron chi connectivity index (χ1n) is 12.3. The van der Waals surface area contributed by atoms with Gasteiger partial charge in [-0.25, -0.2) is 0 Å². The summed E-state index contributed by atoms with van der Waals surface area (Å²) in [6, 6.07) is 13.8. The van der Waals surface area contributed by atoms with Gasteiger partial charge in [0.15, 0.2) is 0 Å². The average Bonchev–Trinajstić information content (AvgIpc) is 2.84. The first-order chi connectivity index (χ1) is 17.2. The van der Waals surface area contributed by atoms with Crippen LogP contribution < -0.4 is 16.2 Å². The van der Waals surface area contributed by atoms with Gasteiger partial charge in [0, 0.05) is 12.5 Å². The Morgan fingerprint density at radius 1 is 1.16 bits per heavy atom. The minimum Gasteiger partial charge on any atom is -0.493 e. The summed E-state index contributed by atoms with van der Waals surface area (Å²) in [6.45, 7) is 9.47. The number of aliphatic hydroxyl groups is 1. The van der Waals surface area contributed by atoms with Crippen molar-refractivity contribution in [2.24, 2.45) is 11.5 Å². The molecule has 0 radical (unpaired) electrons. The fraction of sp³-hybridized carbons (Fsp3) is 0.367. The molecule has 0 fully saturated rings. The van der Waals surface area contributed by atoms with Gasteiger partial charge < -0.3 is 26.1 Å². The Bertz CT molecular complexity index is 1000. The fourth-order valence-corrected chi connectivity index (χ4v) is 3.85. The number of rotatable bonds is 8. The van der Waals surface area contributed by atoms with E-state index < -0.39 is 6.10 Å². The first kappa shape index (κ1) is 35.1. The highest BCUT2D eigenvalue weighted by Gasteiger charge is 2.15. The van der Waals surface area contributed by atoms with Crippen molar-refractivity contribution in [3.05, 3.63) is 93.4 Å². The molecule has 5 nitrogen and oxygen atoms in total. The summed E-state index contributed by atoms with van der Waals surface area (Å²) in [5.74, 6) is 0.814. The van der Waals surface area contributed by atoms with Gasteiger partial charge in [-0.2, -0.15) is 0 Å². The van der Waals surface area contributed by atoms with Gasteiger partial charge in [0.1, 0.15) is 12.0 Å². The van der Waals surface area contributed by atoms with Crippen molar-refractivity contribution in [1.29, 1.82) is 0 Å². The van der Waals surface area contributed by atoms with Gasteiger partial charge in [-0.3, -0.25) is 0 Å². The van der Waals surface area contributed by atoms with E-state index in [0.29, 0.717) is 19.4 Å². The van der Waals surface area contributed by atoms with Crippen LogP contribution >= 0.6 is 36.6 Å². The maximum absolute atomic E-state index is 10.3. The number of hydrogen-bond donors (Lipinski definition) is 4. The lowest BCUT2D eigenvalue weighted by Crippen LogP contribution is -2.23. The lowest BCUT2D eigenvalue weighted by atomic mass is 9.96. The minimum absolute atomic E-state index is 0. The molecule has 7 heteroatoms. The van der Waals surface area contributed by atoms with Crippen molar-refractivity contribution in [2.75, 3.05) is 13.2 Å². The van der Waals surface area contributed by atoms with E-state index in [9.17, 15) is 9.90 Å². The second-order valence-electron chi connectivity index (χ2n) is 8.61. The molecule has 0 aliphatic heterocycles. The summed E-state index contributed by atoms with van der Waals surface area (Å²) < 4.78 is 5.22. The molecule has 0 saturated carbocycles. The van der Waals surface area contributed by atoms with Crippen LogP contribution in [0.1, 0.15) is 48.4 Å². The average molecular weight is 639 g/mol.